The van der Waals surface area contributed by atoms with Gasteiger partial charge >= 0.3 is 0 Å². The molecule has 1 saturated carbocycles. The highest BCUT2D eigenvalue weighted by molar-refractivity contribution is 5.37. The average Bonchev–Trinajstić information content (AvgIpc) is 3.13. The highest BCUT2D eigenvalue weighted by Crippen LogP contribution is 2.46. The van der Waals surface area contributed by atoms with E-state index in [1.54, 1.807) is 11.1 Å². The van der Waals surface area contributed by atoms with Crippen LogP contribution in [0, 0.1) is 23.7 Å². The lowest BCUT2D eigenvalue weighted by Gasteiger charge is -2.16. The van der Waals surface area contributed by atoms with Gasteiger partial charge in [-0.05, 0) is 73.5 Å². The summed E-state index contributed by atoms with van der Waals surface area (Å²) in [6, 6.07) is 0. The maximum atomic E-state index is 3.45. The van der Waals surface area contributed by atoms with Gasteiger partial charge in [0.25, 0.3) is 0 Å². The molecule has 0 saturated heterocycles. The fourth-order valence-electron chi connectivity index (χ4n) is 3.33. The van der Waals surface area contributed by atoms with E-state index in [9.17, 15) is 0 Å². The Morgan fingerprint density at radius 2 is 2.05 bits per heavy atom. The van der Waals surface area contributed by atoms with Crippen LogP contribution in [-0.4, -0.2) is 0 Å². The van der Waals surface area contributed by atoms with E-state index in [-0.39, 0.29) is 0 Å². The molecule has 0 aromatic carbocycles. The molecule has 19 heavy (non-hydrogen) atoms. The molecule has 0 radical (unpaired) electrons. The van der Waals surface area contributed by atoms with Crippen LogP contribution < -0.4 is 0 Å². The molecule has 0 amide bonds. The lowest BCUT2D eigenvalue weighted by molar-refractivity contribution is 0.404. The zero-order valence-electron chi connectivity index (χ0n) is 13.2. The van der Waals surface area contributed by atoms with Gasteiger partial charge in [-0.2, -0.15) is 0 Å². The average molecular weight is 258 g/mol. The quantitative estimate of drug-likeness (QED) is 0.538. The molecule has 2 aliphatic rings. The highest BCUT2D eigenvalue weighted by Gasteiger charge is 2.32. The normalized spacial score (nSPS) is 29.3. The SMILES string of the molecule is CCC(C)CC(C)CC1=C2CC2CCC(C)C=C=C1. The zero-order chi connectivity index (χ0) is 13.8. The topological polar surface area (TPSA) is 0 Å². The summed E-state index contributed by atoms with van der Waals surface area (Å²) >= 11 is 0. The lowest BCUT2D eigenvalue weighted by atomic mass is 9.90. The molecule has 2 aliphatic carbocycles. The molecule has 0 spiro atoms. The number of allylic oxidation sites excluding steroid dienone is 3. The molecule has 0 bridgehead atoms. The van der Waals surface area contributed by atoms with E-state index in [1.807, 2.05) is 0 Å². The van der Waals surface area contributed by atoms with Crippen LogP contribution in [0.3, 0.4) is 0 Å². The fraction of sp³-hybridized carbons (Fsp3) is 0.737. The van der Waals surface area contributed by atoms with Crippen molar-refractivity contribution in [2.75, 3.05) is 0 Å². The van der Waals surface area contributed by atoms with Crippen molar-refractivity contribution in [3.8, 4) is 0 Å². The molecule has 2 rings (SSSR count). The Bertz CT molecular complexity index is 392. The molecular weight excluding hydrogens is 228 g/mol. The predicted octanol–water partition coefficient (Wildman–Crippen LogP) is 5.91. The van der Waals surface area contributed by atoms with Crippen LogP contribution in [0.2, 0.25) is 0 Å². The van der Waals surface area contributed by atoms with Crippen molar-refractivity contribution in [1.29, 1.82) is 0 Å². The van der Waals surface area contributed by atoms with Crippen LogP contribution in [0.5, 0.6) is 0 Å². The van der Waals surface area contributed by atoms with Crippen molar-refractivity contribution >= 4 is 0 Å². The van der Waals surface area contributed by atoms with Gasteiger partial charge in [0, 0.05) is 0 Å². The number of hydrogen-bond acceptors (Lipinski definition) is 0. The van der Waals surface area contributed by atoms with Crippen LogP contribution in [0.4, 0.5) is 0 Å². The van der Waals surface area contributed by atoms with E-state index in [2.05, 4.69) is 45.6 Å². The fourth-order valence-corrected chi connectivity index (χ4v) is 3.33. The van der Waals surface area contributed by atoms with Gasteiger partial charge in [-0.1, -0.05) is 39.7 Å². The van der Waals surface area contributed by atoms with Crippen molar-refractivity contribution in [3.63, 3.8) is 0 Å². The molecular formula is C19H30. The summed E-state index contributed by atoms with van der Waals surface area (Å²) in [4.78, 5) is 0. The molecule has 106 valence electrons. The van der Waals surface area contributed by atoms with Gasteiger partial charge in [0.05, 0.1) is 0 Å². The highest BCUT2D eigenvalue weighted by atomic mass is 14.4. The molecule has 0 nitrogen and oxygen atoms in total. The van der Waals surface area contributed by atoms with Gasteiger partial charge in [-0.3, -0.25) is 0 Å². The summed E-state index contributed by atoms with van der Waals surface area (Å²) in [5.41, 5.74) is 6.82. The molecule has 0 N–H and O–H groups in total. The maximum Gasteiger partial charge on any atom is -0.0159 e. The lowest BCUT2D eigenvalue weighted by Crippen LogP contribution is -2.03. The Hall–Kier alpha value is -0.740. The maximum absolute atomic E-state index is 3.45. The minimum absolute atomic E-state index is 0.704. The van der Waals surface area contributed by atoms with Crippen LogP contribution >= 0.6 is 0 Å². The van der Waals surface area contributed by atoms with Crippen molar-refractivity contribution in [3.05, 3.63) is 29.0 Å². The Kier molecular flexibility index (Phi) is 5.11. The number of fused-ring (bicyclic) bond motifs is 1. The third kappa shape index (κ3) is 4.39. The minimum Gasteiger partial charge on any atom is -0.125 e. The Morgan fingerprint density at radius 1 is 1.26 bits per heavy atom. The predicted molar refractivity (Wildman–Crippen MR) is 84.0 cm³/mol. The van der Waals surface area contributed by atoms with Crippen molar-refractivity contribution in [2.45, 2.75) is 66.2 Å². The molecule has 4 unspecified atom stereocenters. The second-order valence-electron chi connectivity index (χ2n) is 7.04. The van der Waals surface area contributed by atoms with Crippen molar-refractivity contribution in [1.82, 2.24) is 0 Å². The van der Waals surface area contributed by atoms with Gasteiger partial charge in [0.1, 0.15) is 0 Å². The molecule has 0 aliphatic heterocycles. The van der Waals surface area contributed by atoms with E-state index < -0.39 is 0 Å². The minimum atomic E-state index is 0.704. The molecule has 1 fully saturated rings. The zero-order valence-corrected chi connectivity index (χ0v) is 13.2. The summed E-state index contributed by atoms with van der Waals surface area (Å²) < 4.78 is 0. The first kappa shape index (κ1) is 14.7. The van der Waals surface area contributed by atoms with Gasteiger partial charge in [0.2, 0.25) is 0 Å². The molecule has 0 heterocycles. The summed E-state index contributed by atoms with van der Waals surface area (Å²) in [6.45, 7) is 9.43. The second kappa shape index (κ2) is 6.62. The third-order valence-electron chi connectivity index (χ3n) is 4.89. The van der Waals surface area contributed by atoms with Crippen LogP contribution in [0.25, 0.3) is 0 Å². The number of hydrogen-bond donors (Lipinski definition) is 0. The van der Waals surface area contributed by atoms with Crippen LogP contribution in [-0.2, 0) is 0 Å². The Morgan fingerprint density at radius 3 is 2.79 bits per heavy atom. The van der Waals surface area contributed by atoms with E-state index in [4.69, 9.17) is 0 Å². The van der Waals surface area contributed by atoms with Crippen LogP contribution in [0.1, 0.15) is 66.2 Å². The first-order valence-electron chi connectivity index (χ1n) is 8.24. The van der Waals surface area contributed by atoms with Crippen molar-refractivity contribution < 1.29 is 0 Å². The third-order valence-corrected chi connectivity index (χ3v) is 4.89. The Balaban J connectivity index is 2.01. The summed E-state index contributed by atoms with van der Waals surface area (Å²) in [5.74, 6) is 3.30. The standard InChI is InChI=1S/C19H30/c1-5-14(2)11-16(4)12-17-8-6-7-15(3)9-10-18-13-19(17)18/h7-8,14-16,18H,5,9-13H2,1-4H3. The molecule has 4 atom stereocenters. The Labute approximate surface area is 119 Å². The number of rotatable bonds is 5. The van der Waals surface area contributed by atoms with Crippen molar-refractivity contribution in [2.24, 2.45) is 23.7 Å². The van der Waals surface area contributed by atoms with E-state index in [0.29, 0.717) is 5.92 Å². The summed E-state index contributed by atoms with van der Waals surface area (Å²) in [6.07, 6.45) is 12.6. The molecule has 0 heteroatoms. The monoisotopic (exact) mass is 258 g/mol. The van der Waals surface area contributed by atoms with Gasteiger partial charge < -0.3 is 0 Å². The summed E-state index contributed by atoms with van der Waals surface area (Å²) in [5, 5.41) is 0. The summed E-state index contributed by atoms with van der Waals surface area (Å²) in [7, 11) is 0. The second-order valence-corrected chi connectivity index (χ2v) is 7.04. The molecule has 0 aromatic heterocycles. The van der Waals surface area contributed by atoms with Gasteiger partial charge in [-0.25, -0.2) is 0 Å². The van der Waals surface area contributed by atoms with E-state index >= 15 is 0 Å². The van der Waals surface area contributed by atoms with E-state index in [1.165, 1.54) is 38.5 Å². The van der Waals surface area contributed by atoms with Gasteiger partial charge in [0.15, 0.2) is 0 Å². The first-order chi connectivity index (χ1) is 9.10. The van der Waals surface area contributed by atoms with Crippen LogP contribution in [0.15, 0.2) is 29.0 Å². The smallest absolute Gasteiger partial charge is 0.0159 e. The van der Waals surface area contributed by atoms with E-state index in [0.717, 1.165) is 17.8 Å². The van der Waals surface area contributed by atoms with Gasteiger partial charge in [-0.15, -0.1) is 5.73 Å². The molecule has 0 aromatic rings. The first-order valence-corrected chi connectivity index (χ1v) is 8.24. The largest absolute Gasteiger partial charge is 0.125 e.